The Morgan fingerprint density at radius 3 is 2.61 bits per heavy atom. The predicted molar refractivity (Wildman–Crippen MR) is 106 cm³/mol. The molecule has 152 valence electrons. The third-order valence-corrected chi connectivity index (χ3v) is 5.39. The fourth-order valence-corrected chi connectivity index (χ4v) is 3.87. The lowest BCUT2D eigenvalue weighted by molar-refractivity contribution is 0.0692. The molecule has 28 heavy (non-hydrogen) atoms. The SMILES string of the molecule is CCCN(CCOC)C(=O)c1ccccc1S(=O)(=O)Nc1cncc(OC)c1. The number of nitrogens with zero attached hydrogens (tertiary/aromatic N) is 2. The standard InChI is InChI=1S/C19H25N3O5S/c1-4-9-22(10-11-26-2)19(23)17-7-5-6-8-18(17)28(24,25)21-15-12-16(27-3)14-20-13-15/h5-8,12-14,21H,4,9-11H2,1-3H3. The van der Waals surface area contributed by atoms with Gasteiger partial charge >= 0.3 is 0 Å². The van der Waals surface area contributed by atoms with Gasteiger partial charge in [0.15, 0.2) is 0 Å². The van der Waals surface area contributed by atoms with Gasteiger partial charge in [-0.1, -0.05) is 19.1 Å². The number of carbonyl (C=O) groups is 1. The van der Waals surface area contributed by atoms with Crippen LogP contribution in [-0.4, -0.2) is 58.1 Å². The molecule has 0 saturated carbocycles. The number of ether oxygens (including phenoxy) is 2. The zero-order chi connectivity index (χ0) is 20.6. The van der Waals surface area contributed by atoms with Crippen LogP contribution in [0, 0.1) is 0 Å². The van der Waals surface area contributed by atoms with Crippen molar-refractivity contribution in [2.24, 2.45) is 0 Å². The monoisotopic (exact) mass is 407 g/mol. The molecule has 8 nitrogen and oxygen atoms in total. The number of carbonyl (C=O) groups excluding carboxylic acids is 1. The van der Waals surface area contributed by atoms with Crippen LogP contribution < -0.4 is 9.46 Å². The van der Waals surface area contributed by atoms with Crippen LogP contribution in [0.4, 0.5) is 5.69 Å². The highest BCUT2D eigenvalue weighted by Crippen LogP contribution is 2.23. The molecule has 9 heteroatoms. The first-order chi connectivity index (χ1) is 13.4. The Balaban J connectivity index is 2.36. The smallest absolute Gasteiger partial charge is 0.262 e. The maximum absolute atomic E-state index is 13.0. The number of methoxy groups -OCH3 is 2. The van der Waals surface area contributed by atoms with Gasteiger partial charge in [0.25, 0.3) is 15.9 Å². The molecule has 0 bridgehead atoms. The van der Waals surface area contributed by atoms with Crippen molar-refractivity contribution in [2.45, 2.75) is 18.2 Å². The van der Waals surface area contributed by atoms with Crippen LogP contribution in [0.3, 0.4) is 0 Å². The Bertz CT molecular complexity index is 902. The summed E-state index contributed by atoms with van der Waals surface area (Å²) >= 11 is 0. The molecule has 0 unspecified atom stereocenters. The average Bonchev–Trinajstić information content (AvgIpc) is 2.70. The van der Waals surface area contributed by atoms with Gasteiger partial charge in [-0.2, -0.15) is 0 Å². The lowest BCUT2D eigenvalue weighted by atomic mass is 10.2. The largest absolute Gasteiger partial charge is 0.495 e. The minimum Gasteiger partial charge on any atom is -0.495 e. The number of benzene rings is 1. The van der Waals surface area contributed by atoms with E-state index in [2.05, 4.69) is 9.71 Å². The Morgan fingerprint density at radius 1 is 1.18 bits per heavy atom. The van der Waals surface area contributed by atoms with Gasteiger partial charge in [-0.3, -0.25) is 14.5 Å². The van der Waals surface area contributed by atoms with Crippen LogP contribution in [0.5, 0.6) is 5.75 Å². The topological polar surface area (TPSA) is 97.8 Å². The first-order valence-electron chi connectivity index (χ1n) is 8.82. The van der Waals surface area contributed by atoms with Crippen LogP contribution >= 0.6 is 0 Å². The number of sulfonamides is 1. The second-order valence-corrected chi connectivity index (χ2v) is 7.65. The Kier molecular flexibility index (Phi) is 7.77. The van der Waals surface area contributed by atoms with Crippen molar-refractivity contribution in [3.8, 4) is 5.75 Å². The van der Waals surface area contributed by atoms with Gasteiger partial charge in [-0.15, -0.1) is 0 Å². The molecule has 0 atom stereocenters. The number of hydrogen-bond donors (Lipinski definition) is 1. The van der Waals surface area contributed by atoms with Gasteiger partial charge in [0.2, 0.25) is 0 Å². The second kappa shape index (κ2) is 10.0. The number of pyridine rings is 1. The lowest BCUT2D eigenvalue weighted by Gasteiger charge is -2.23. The zero-order valence-corrected chi connectivity index (χ0v) is 17.0. The molecule has 2 rings (SSSR count). The highest BCUT2D eigenvalue weighted by Gasteiger charge is 2.25. The number of anilines is 1. The molecule has 0 fully saturated rings. The Labute approximate surface area is 165 Å². The molecule has 1 heterocycles. The summed E-state index contributed by atoms with van der Waals surface area (Å²) in [7, 11) is -0.989. The third-order valence-electron chi connectivity index (χ3n) is 3.95. The molecule has 0 saturated heterocycles. The summed E-state index contributed by atoms with van der Waals surface area (Å²) in [4.78, 5) is 18.4. The molecule has 1 aromatic heterocycles. The number of aromatic nitrogens is 1. The van der Waals surface area contributed by atoms with Gasteiger partial charge in [-0.05, 0) is 18.6 Å². The van der Waals surface area contributed by atoms with E-state index >= 15 is 0 Å². The van der Waals surface area contributed by atoms with Crippen LogP contribution in [0.1, 0.15) is 23.7 Å². The van der Waals surface area contributed by atoms with E-state index in [9.17, 15) is 13.2 Å². The van der Waals surface area contributed by atoms with E-state index in [4.69, 9.17) is 9.47 Å². The van der Waals surface area contributed by atoms with Crippen molar-refractivity contribution in [1.82, 2.24) is 9.88 Å². The number of nitrogens with one attached hydrogen (secondary N) is 1. The Hall–Kier alpha value is -2.65. The summed E-state index contributed by atoms with van der Waals surface area (Å²) in [5, 5.41) is 0. The summed E-state index contributed by atoms with van der Waals surface area (Å²) in [5.41, 5.74) is 0.349. The third kappa shape index (κ3) is 5.43. The average molecular weight is 407 g/mol. The van der Waals surface area contributed by atoms with Crippen molar-refractivity contribution in [3.63, 3.8) is 0 Å². The van der Waals surface area contributed by atoms with Crippen LogP contribution in [0.2, 0.25) is 0 Å². The van der Waals surface area contributed by atoms with Gasteiger partial charge in [0.1, 0.15) is 10.6 Å². The molecule has 1 aromatic carbocycles. The summed E-state index contributed by atoms with van der Waals surface area (Å²) in [5.74, 6) is 0.0573. The summed E-state index contributed by atoms with van der Waals surface area (Å²) in [6.07, 6.45) is 3.58. The molecule has 0 aliphatic carbocycles. The van der Waals surface area contributed by atoms with Crippen LogP contribution in [0.15, 0.2) is 47.6 Å². The molecule has 0 spiro atoms. The summed E-state index contributed by atoms with van der Waals surface area (Å²) < 4.78 is 38.5. The predicted octanol–water partition coefficient (Wildman–Crippen LogP) is 2.39. The molecule has 0 radical (unpaired) electrons. The highest BCUT2D eigenvalue weighted by atomic mass is 32.2. The number of rotatable bonds is 10. The highest BCUT2D eigenvalue weighted by molar-refractivity contribution is 7.92. The van der Waals surface area contributed by atoms with Gasteiger partial charge in [0, 0.05) is 26.3 Å². The van der Waals surface area contributed by atoms with E-state index in [1.807, 2.05) is 6.92 Å². The van der Waals surface area contributed by atoms with E-state index in [0.717, 1.165) is 6.42 Å². The van der Waals surface area contributed by atoms with Crippen molar-refractivity contribution < 1.29 is 22.7 Å². The van der Waals surface area contributed by atoms with Crippen molar-refractivity contribution in [2.75, 3.05) is 38.6 Å². The molecular formula is C19H25N3O5S. The fourth-order valence-electron chi connectivity index (χ4n) is 2.63. The first-order valence-corrected chi connectivity index (χ1v) is 10.3. The van der Waals surface area contributed by atoms with Crippen molar-refractivity contribution in [1.29, 1.82) is 0 Å². The van der Waals surface area contributed by atoms with E-state index in [1.165, 1.54) is 37.7 Å². The fraction of sp³-hybridized carbons (Fsp3) is 0.368. The normalized spacial score (nSPS) is 11.1. The zero-order valence-electron chi connectivity index (χ0n) is 16.2. The van der Waals surface area contributed by atoms with E-state index in [1.54, 1.807) is 24.1 Å². The van der Waals surface area contributed by atoms with Gasteiger partial charge in [0.05, 0.1) is 37.4 Å². The molecule has 2 aromatic rings. The molecule has 1 amide bonds. The van der Waals surface area contributed by atoms with Crippen molar-refractivity contribution >= 4 is 21.6 Å². The second-order valence-electron chi connectivity index (χ2n) is 6.00. The minimum atomic E-state index is -4.01. The molecular weight excluding hydrogens is 382 g/mol. The minimum absolute atomic E-state index is 0.0960. The van der Waals surface area contributed by atoms with Crippen molar-refractivity contribution in [3.05, 3.63) is 48.3 Å². The molecule has 0 aliphatic rings. The molecule has 0 aliphatic heterocycles. The Morgan fingerprint density at radius 2 is 1.93 bits per heavy atom. The number of amides is 1. The van der Waals surface area contributed by atoms with Gasteiger partial charge < -0.3 is 14.4 Å². The lowest BCUT2D eigenvalue weighted by Crippen LogP contribution is -2.35. The first kappa shape index (κ1) is 21.6. The summed E-state index contributed by atoms with van der Waals surface area (Å²) in [6.45, 7) is 3.20. The maximum Gasteiger partial charge on any atom is 0.262 e. The van der Waals surface area contributed by atoms with E-state index in [-0.39, 0.29) is 22.1 Å². The summed E-state index contributed by atoms with van der Waals surface area (Å²) in [6, 6.07) is 7.64. The van der Waals surface area contributed by atoms with Gasteiger partial charge in [-0.25, -0.2) is 8.42 Å². The maximum atomic E-state index is 13.0. The number of hydrogen-bond acceptors (Lipinski definition) is 6. The van der Waals surface area contributed by atoms with E-state index < -0.39 is 10.0 Å². The quantitative estimate of drug-likeness (QED) is 0.649. The van der Waals surface area contributed by atoms with Crippen LogP contribution in [-0.2, 0) is 14.8 Å². The molecule has 1 N–H and O–H groups in total. The van der Waals surface area contributed by atoms with Crippen LogP contribution in [0.25, 0.3) is 0 Å². The van der Waals surface area contributed by atoms with E-state index in [0.29, 0.717) is 25.4 Å².